The van der Waals surface area contributed by atoms with Crippen molar-refractivity contribution in [3.8, 4) is 11.5 Å². The second-order valence-corrected chi connectivity index (χ2v) is 8.69. The Morgan fingerprint density at radius 3 is 2.76 bits per heavy atom. The molecule has 0 spiro atoms. The number of nitrogens with zero attached hydrogens (tertiary/aromatic N) is 2. The molecule has 0 atom stereocenters. The van der Waals surface area contributed by atoms with Crippen molar-refractivity contribution < 1.29 is 14.3 Å². The highest BCUT2D eigenvalue weighted by molar-refractivity contribution is 7.12. The normalized spacial score (nSPS) is 10.9. The molecule has 1 N–H and O–H groups in total. The van der Waals surface area contributed by atoms with Crippen LogP contribution in [-0.2, 0) is 13.0 Å². The summed E-state index contributed by atoms with van der Waals surface area (Å²) in [6.07, 6.45) is 3.60. The molecule has 0 fully saturated rings. The Morgan fingerprint density at radius 1 is 1.03 bits per heavy atom. The van der Waals surface area contributed by atoms with Gasteiger partial charge in [0.25, 0.3) is 5.91 Å². The highest BCUT2D eigenvalue weighted by Gasteiger charge is 2.11. The highest BCUT2D eigenvalue weighted by Crippen LogP contribution is 2.20. The van der Waals surface area contributed by atoms with Gasteiger partial charge in [-0.25, -0.2) is 4.98 Å². The van der Waals surface area contributed by atoms with Crippen LogP contribution < -0.4 is 14.8 Å². The van der Waals surface area contributed by atoms with Gasteiger partial charge in [-0.15, -0.1) is 11.3 Å². The molecule has 0 radical (unpaired) electrons. The summed E-state index contributed by atoms with van der Waals surface area (Å²) >= 11 is 1.46. The monoisotopic (exact) mass is 463 g/mol. The first-order valence-electron chi connectivity index (χ1n) is 11.3. The number of methoxy groups -OCH3 is 1. The smallest absolute Gasteiger partial charge is 0.261 e. The summed E-state index contributed by atoms with van der Waals surface area (Å²) in [5.74, 6) is 2.69. The fourth-order valence-corrected chi connectivity index (χ4v) is 4.40. The van der Waals surface area contributed by atoms with E-state index < -0.39 is 0 Å². The van der Waals surface area contributed by atoms with E-state index >= 15 is 0 Å². The van der Waals surface area contributed by atoms with Crippen molar-refractivity contribution in [3.05, 3.63) is 76.7 Å². The van der Waals surface area contributed by atoms with Gasteiger partial charge < -0.3 is 19.4 Å². The fourth-order valence-electron chi connectivity index (χ4n) is 3.76. The summed E-state index contributed by atoms with van der Waals surface area (Å²) in [5.41, 5.74) is 2.17. The van der Waals surface area contributed by atoms with Gasteiger partial charge >= 0.3 is 0 Å². The molecule has 2 aromatic carbocycles. The van der Waals surface area contributed by atoms with E-state index in [2.05, 4.69) is 28.1 Å². The van der Waals surface area contributed by atoms with Crippen LogP contribution in [0.5, 0.6) is 11.5 Å². The van der Waals surface area contributed by atoms with Gasteiger partial charge in [0.1, 0.15) is 17.3 Å². The summed E-state index contributed by atoms with van der Waals surface area (Å²) in [6.45, 7) is 2.18. The van der Waals surface area contributed by atoms with Gasteiger partial charge in [0, 0.05) is 25.6 Å². The average molecular weight is 464 g/mol. The van der Waals surface area contributed by atoms with Gasteiger partial charge in [0.05, 0.1) is 29.6 Å². The SMILES string of the molecule is COc1cccc(OCCCCn2c(CCCNC(=O)c3cccs3)nc3ccccc32)c1. The third-order valence-corrected chi connectivity index (χ3v) is 6.30. The number of fused-ring (bicyclic) bond motifs is 1. The lowest BCUT2D eigenvalue weighted by molar-refractivity contribution is 0.0957. The van der Waals surface area contributed by atoms with E-state index in [9.17, 15) is 4.79 Å². The van der Waals surface area contributed by atoms with E-state index in [0.717, 1.165) is 65.5 Å². The third kappa shape index (κ3) is 6.14. The van der Waals surface area contributed by atoms with E-state index in [1.807, 2.05) is 47.8 Å². The van der Waals surface area contributed by atoms with Crippen LogP contribution in [0.15, 0.2) is 66.0 Å². The quantitative estimate of drug-likeness (QED) is 0.289. The third-order valence-electron chi connectivity index (χ3n) is 5.43. The summed E-state index contributed by atoms with van der Waals surface area (Å²) in [6, 6.07) is 19.7. The number of nitrogens with one attached hydrogen (secondary N) is 1. The predicted molar refractivity (Wildman–Crippen MR) is 132 cm³/mol. The van der Waals surface area contributed by atoms with Crippen molar-refractivity contribution in [2.75, 3.05) is 20.3 Å². The maximum atomic E-state index is 12.1. The zero-order valence-corrected chi connectivity index (χ0v) is 19.6. The maximum absolute atomic E-state index is 12.1. The minimum absolute atomic E-state index is 0.00506. The first kappa shape index (κ1) is 22.9. The van der Waals surface area contributed by atoms with Gasteiger partial charge in [-0.3, -0.25) is 4.79 Å². The van der Waals surface area contributed by atoms with Crippen molar-refractivity contribution in [1.82, 2.24) is 14.9 Å². The number of unbranched alkanes of at least 4 members (excludes halogenated alkanes) is 1. The van der Waals surface area contributed by atoms with Crippen molar-refractivity contribution in [2.24, 2.45) is 0 Å². The van der Waals surface area contributed by atoms with E-state index in [1.165, 1.54) is 11.3 Å². The standard InChI is InChI=1S/C26H29N3O3S/c1-31-20-9-6-10-21(19-20)32-17-5-4-16-29-23-12-3-2-11-22(23)28-25(29)14-7-15-27-26(30)24-13-8-18-33-24/h2-3,6,8-13,18-19H,4-5,7,14-17H2,1H3,(H,27,30). The Kier molecular flexibility index (Phi) is 7.98. The first-order valence-corrected chi connectivity index (χ1v) is 12.2. The summed E-state index contributed by atoms with van der Waals surface area (Å²) in [4.78, 5) is 17.7. The van der Waals surface area contributed by atoms with Crippen LogP contribution in [0.4, 0.5) is 0 Å². The largest absolute Gasteiger partial charge is 0.497 e. The van der Waals surface area contributed by atoms with Crippen molar-refractivity contribution >= 4 is 28.3 Å². The number of aryl methyl sites for hydroxylation is 2. The number of ether oxygens (including phenoxy) is 2. The lowest BCUT2D eigenvalue weighted by Gasteiger charge is -2.11. The van der Waals surface area contributed by atoms with Crippen molar-refractivity contribution in [2.45, 2.75) is 32.2 Å². The minimum atomic E-state index is -0.00506. The van der Waals surface area contributed by atoms with Crippen LogP contribution in [0.2, 0.25) is 0 Å². The number of aromatic nitrogens is 2. The number of amides is 1. The molecule has 1 amide bonds. The number of thiophene rings is 1. The molecule has 172 valence electrons. The maximum Gasteiger partial charge on any atom is 0.261 e. The van der Waals surface area contributed by atoms with Gasteiger partial charge in [-0.1, -0.05) is 24.3 Å². The molecule has 0 aliphatic carbocycles. The minimum Gasteiger partial charge on any atom is -0.497 e. The van der Waals surface area contributed by atoms with Crippen LogP contribution >= 0.6 is 11.3 Å². The van der Waals surface area contributed by atoms with Gasteiger partial charge in [0.2, 0.25) is 0 Å². The molecule has 2 aromatic heterocycles. The van der Waals surface area contributed by atoms with E-state index in [1.54, 1.807) is 7.11 Å². The first-order chi connectivity index (χ1) is 16.2. The molecule has 7 heteroatoms. The number of carbonyl (C=O) groups is 1. The molecular weight excluding hydrogens is 434 g/mol. The molecule has 0 unspecified atom stereocenters. The molecule has 6 nitrogen and oxygen atoms in total. The second kappa shape index (κ2) is 11.5. The Labute approximate surface area is 198 Å². The number of benzene rings is 2. The number of rotatable bonds is 12. The molecule has 33 heavy (non-hydrogen) atoms. The molecule has 2 heterocycles. The van der Waals surface area contributed by atoms with E-state index in [0.29, 0.717) is 13.2 Å². The average Bonchev–Trinajstić information content (AvgIpc) is 3.50. The van der Waals surface area contributed by atoms with Gasteiger partial charge in [0.15, 0.2) is 0 Å². The molecule has 4 rings (SSSR count). The Hall–Kier alpha value is -3.32. The summed E-state index contributed by atoms with van der Waals surface area (Å²) in [5, 5.41) is 4.92. The lowest BCUT2D eigenvalue weighted by Crippen LogP contribution is -2.24. The van der Waals surface area contributed by atoms with Gasteiger partial charge in [-0.2, -0.15) is 0 Å². The Morgan fingerprint density at radius 2 is 1.91 bits per heavy atom. The van der Waals surface area contributed by atoms with E-state index in [4.69, 9.17) is 14.5 Å². The Bertz CT molecular complexity index is 1170. The molecule has 0 aliphatic heterocycles. The summed E-state index contributed by atoms with van der Waals surface area (Å²) < 4.78 is 13.4. The number of hydrogen-bond donors (Lipinski definition) is 1. The summed E-state index contributed by atoms with van der Waals surface area (Å²) in [7, 11) is 1.66. The molecule has 0 aliphatic rings. The zero-order valence-electron chi connectivity index (χ0n) is 18.8. The van der Waals surface area contributed by atoms with Crippen LogP contribution in [-0.4, -0.2) is 35.7 Å². The fraction of sp³-hybridized carbons (Fsp3) is 0.308. The Balaban J connectivity index is 1.28. The zero-order chi connectivity index (χ0) is 22.9. The lowest BCUT2D eigenvalue weighted by atomic mass is 10.2. The topological polar surface area (TPSA) is 65.4 Å². The van der Waals surface area contributed by atoms with Gasteiger partial charge in [-0.05, 0) is 55.0 Å². The number of carbonyl (C=O) groups excluding carboxylic acids is 1. The molecule has 0 bridgehead atoms. The number of imidazole rings is 1. The van der Waals surface area contributed by atoms with Crippen LogP contribution in [0.3, 0.4) is 0 Å². The van der Waals surface area contributed by atoms with Crippen LogP contribution in [0, 0.1) is 0 Å². The molecule has 0 saturated heterocycles. The number of para-hydroxylation sites is 2. The van der Waals surface area contributed by atoms with Crippen molar-refractivity contribution in [3.63, 3.8) is 0 Å². The van der Waals surface area contributed by atoms with Crippen molar-refractivity contribution in [1.29, 1.82) is 0 Å². The molecular formula is C26H29N3O3S. The second-order valence-electron chi connectivity index (χ2n) is 7.74. The van der Waals surface area contributed by atoms with Crippen LogP contribution in [0.1, 0.15) is 34.8 Å². The van der Waals surface area contributed by atoms with Crippen LogP contribution in [0.25, 0.3) is 11.0 Å². The number of hydrogen-bond acceptors (Lipinski definition) is 5. The highest BCUT2D eigenvalue weighted by atomic mass is 32.1. The van der Waals surface area contributed by atoms with E-state index in [-0.39, 0.29) is 5.91 Å². The predicted octanol–water partition coefficient (Wildman–Crippen LogP) is 5.33. The molecule has 4 aromatic rings. The molecule has 0 saturated carbocycles.